The van der Waals surface area contributed by atoms with Gasteiger partial charge in [-0.25, -0.2) is 27.6 Å². The van der Waals surface area contributed by atoms with Gasteiger partial charge in [-0.05, 0) is 184 Å². The van der Waals surface area contributed by atoms with Crippen LogP contribution < -0.4 is 74.0 Å². The second-order valence-corrected chi connectivity index (χ2v) is 32.1. The van der Waals surface area contributed by atoms with E-state index in [9.17, 15) is 33.9 Å². The van der Waals surface area contributed by atoms with Crippen molar-refractivity contribution in [1.82, 2.24) is 29.7 Å². The van der Waals surface area contributed by atoms with Gasteiger partial charge >= 0.3 is 18.3 Å². The first-order valence-corrected chi connectivity index (χ1v) is 40.2. The number of hydrogen-bond acceptors (Lipinski definition) is 18. The molecule has 3 saturated heterocycles. The Morgan fingerprint density at radius 1 is 0.536 bits per heavy atom. The van der Waals surface area contributed by atoms with Crippen molar-refractivity contribution in [2.75, 3.05) is 92.1 Å². The van der Waals surface area contributed by atoms with Crippen LogP contribution in [0, 0.1) is 56.0 Å². The van der Waals surface area contributed by atoms with Gasteiger partial charge in [0.05, 0.1) is 40.2 Å². The fourth-order valence-electron chi connectivity index (χ4n) is 15.4. The van der Waals surface area contributed by atoms with Crippen LogP contribution in [0.3, 0.4) is 0 Å². The number of alkyl halides is 1. The number of amides is 3. The summed E-state index contributed by atoms with van der Waals surface area (Å²) in [6, 6.07) is 27.8. The van der Waals surface area contributed by atoms with Crippen molar-refractivity contribution in [3.63, 3.8) is 0 Å². The number of carbonyl (C=O) groups is 3. The van der Waals surface area contributed by atoms with Crippen molar-refractivity contribution in [3.8, 4) is 17.2 Å². The highest BCUT2D eigenvalue weighted by Crippen LogP contribution is 2.46. The summed E-state index contributed by atoms with van der Waals surface area (Å²) in [4.78, 5) is 79.9. The lowest BCUT2D eigenvalue weighted by Gasteiger charge is -2.26. The van der Waals surface area contributed by atoms with Gasteiger partial charge in [0.15, 0.2) is 0 Å². The second kappa shape index (κ2) is 37.0. The Hall–Kier alpha value is -9.51. The van der Waals surface area contributed by atoms with E-state index in [0.717, 1.165) is 111 Å². The van der Waals surface area contributed by atoms with Gasteiger partial charge in [-0.15, -0.1) is 0 Å². The van der Waals surface area contributed by atoms with Crippen LogP contribution in [0.15, 0.2) is 111 Å². The zero-order valence-corrected chi connectivity index (χ0v) is 67.1. The molecule has 0 bridgehead atoms. The van der Waals surface area contributed by atoms with Crippen molar-refractivity contribution in [1.29, 1.82) is 0 Å². The van der Waals surface area contributed by atoms with Crippen LogP contribution in [0.4, 0.5) is 44.6 Å². The number of nitrogens with two attached hydrogens (primary N) is 3. The van der Waals surface area contributed by atoms with E-state index in [4.69, 9.17) is 40.9 Å². The van der Waals surface area contributed by atoms with Gasteiger partial charge in [0, 0.05) is 128 Å². The van der Waals surface area contributed by atoms with Gasteiger partial charge in [-0.3, -0.25) is 14.4 Å². The molecule has 3 saturated carbocycles. The Balaban J connectivity index is 0.000000154. The fourth-order valence-corrected chi connectivity index (χ4v) is 15.6. The molecular weight excluding hydrogens is 1510 g/mol. The number of aryl methyl sites for hydroxylation is 3. The molecule has 10 N–H and O–H groups in total. The molecule has 6 fully saturated rings. The number of aromatic nitrogens is 3. The third-order valence-electron chi connectivity index (χ3n) is 21.5. The molecule has 6 atom stereocenters. The lowest BCUT2D eigenvalue weighted by atomic mass is 10.0. The minimum absolute atomic E-state index is 0.0395. The summed E-state index contributed by atoms with van der Waals surface area (Å²) < 4.78 is 78.6. The number of halogens is 4. The number of pyridine rings is 3. The Morgan fingerprint density at radius 2 is 0.911 bits per heavy atom. The Labute approximate surface area is 659 Å². The summed E-state index contributed by atoms with van der Waals surface area (Å²) in [5, 5.41) is 20.8. The first-order valence-electron chi connectivity index (χ1n) is 39.0. The molecule has 28 heteroatoms. The third kappa shape index (κ3) is 20.5. The molecule has 112 heavy (non-hydrogen) atoms. The maximum Gasteiger partial charge on any atom is 0.407 e. The van der Waals surface area contributed by atoms with Gasteiger partial charge in [0.25, 0.3) is 16.7 Å². The van der Waals surface area contributed by atoms with Gasteiger partial charge < -0.3 is 90.3 Å². The molecule has 604 valence electrons. The van der Waals surface area contributed by atoms with Crippen LogP contribution in [-0.2, 0) is 27.4 Å². The molecule has 24 nitrogen and oxygen atoms in total. The van der Waals surface area contributed by atoms with E-state index in [0.29, 0.717) is 112 Å². The van der Waals surface area contributed by atoms with E-state index in [1.807, 2.05) is 132 Å². The number of nitrogens with zero attached hydrogens (tertiary/aromatic N) is 6. The highest BCUT2D eigenvalue weighted by Gasteiger charge is 2.38. The summed E-state index contributed by atoms with van der Waals surface area (Å²) in [7, 11) is 0. The molecule has 8 aromatic rings. The zero-order valence-electron chi connectivity index (χ0n) is 65.6. The molecule has 0 unspecified atom stereocenters. The molecule has 3 aromatic heterocycles. The summed E-state index contributed by atoms with van der Waals surface area (Å²) in [6.45, 7) is 23.1. The minimum atomic E-state index is -0.570. The predicted molar refractivity (Wildman–Crippen MR) is 435 cm³/mol. The van der Waals surface area contributed by atoms with Crippen LogP contribution >= 0.6 is 15.9 Å². The predicted octanol–water partition coefficient (Wildman–Crippen LogP) is 13.1. The standard InChI is InChI=1S/C29H35FN4O4.C24H32FN3O4.C21H29FN4O2.C10H12BrNO2/c1-18-27-23(14-24(30)28(18)33-12-10-21(16-33)19(2)31)25(15-26(35)34(27)22-8-9-22)37-13-11-32-29(36)38-17-20-6-4-3-5-7-20;1-13-21-17(19(29)11-20(30)28(21)16-6-7-16)10-18(25)22(13)27-9-8-15(12-27)14(2)26-23(31)32-24(3,4)5;1-12-20-16(9-17(22)21(12)25-7-5-14(11-25)13(2)24)18(28-8-6-23)10-19(27)26(20)15-3-4-15;11-6-7-12-10(13)14-8-9-4-2-1-3-5-9/h3-7,14-15,19,21-22H,8-13,16-17,31H2,1-2H3,(H,32,36);10-11,14-16,29H,6-9,12H2,1-5H3,(H,26,31);9-10,13-15H,3-8,11,23-24H2,1-2H3;1-5H,6-8H2,(H,12,13)/t19-,21+;14-,15+;13-,14+;/m000./s1. The van der Waals surface area contributed by atoms with Crippen molar-refractivity contribution >= 4 is 84.0 Å². The maximum absolute atomic E-state index is 15.6. The molecule has 6 aliphatic rings. The molecular formula is C84H108BrF3N12O12. The lowest BCUT2D eigenvalue weighted by molar-refractivity contribution is 0.0494. The third-order valence-corrected chi connectivity index (χ3v) is 21.9. The summed E-state index contributed by atoms with van der Waals surface area (Å²) in [5.41, 5.74) is 24.4. The van der Waals surface area contributed by atoms with Crippen LogP contribution in [0.25, 0.3) is 32.7 Å². The van der Waals surface area contributed by atoms with E-state index in [2.05, 4.69) is 41.7 Å². The number of alkyl carbamates (subject to hydrolysis) is 3. The van der Waals surface area contributed by atoms with E-state index in [-0.39, 0.29) is 109 Å². The number of fused-ring (bicyclic) bond motifs is 3. The number of nitrogens with one attached hydrogen (secondary N) is 3. The van der Waals surface area contributed by atoms with Crippen LogP contribution in [-0.4, -0.2) is 138 Å². The largest absolute Gasteiger partial charge is 0.507 e. The number of anilines is 3. The van der Waals surface area contributed by atoms with Gasteiger partial charge in [-0.2, -0.15) is 0 Å². The Kier molecular flexibility index (Phi) is 27.5. The maximum atomic E-state index is 15.6. The Bertz CT molecular complexity index is 4860. The van der Waals surface area contributed by atoms with Crippen molar-refractivity contribution < 1.29 is 56.3 Å². The number of rotatable bonds is 23. The quantitative estimate of drug-likeness (QED) is 0.0178. The van der Waals surface area contributed by atoms with E-state index >= 15 is 13.2 Å². The van der Waals surface area contributed by atoms with Crippen LogP contribution in [0.1, 0.15) is 145 Å². The minimum Gasteiger partial charge on any atom is -0.507 e. The van der Waals surface area contributed by atoms with Crippen LogP contribution in [0.2, 0.25) is 0 Å². The molecule has 14 rings (SSSR count). The van der Waals surface area contributed by atoms with Crippen molar-refractivity contribution in [3.05, 3.63) is 173 Å². The highest BCUT2D eigenvalue weighted by atomic mass is 79.9. The monoisotopic (exact) mass is 1610 g/mol. The van der Waals surface area contributed by atoms with Gasteiger partial charge in [0.2, 0.25) is 0 Å². The highest BCUT2D eigenvalue weighted by molar-refractivity contribution is 9.09. The number of carbonyl (C=O) groups excluding carboxylic acids is 3. The second-order valence-electron chi connectivity index (χ2n) is 31.3. The number of aromatic hydroxyl groups is 1. The summed E-state index contributed by atoms with van der Waals surface area (Å²) in [6.07, 6.45) is 6.86. The first-order chi connectivity index (χ1) is 53.5. The molecule has 3 aliphatic heterocycles. The Morgan fingerprint density at radius 3 is 1.29 bits per heavy atom. The van der Waals surface area contributed by atoms with Crippen molar-refractivity contribution in [2.45, 2.75) is 175 Å². The average Bonchev–Trinajstić information content (AvgIpc) is 1.71. The van der Waals surface area contributed by atoms with Crippen molar-refractivity contribution in [2.24, 2.45) is 35.0 Å². The van der Waals surface area contributed by atoms with Gasteiger partial charge in [0.1, 0.15) is 66.7 Å². The summed E-state index contributed by atoms with van der Waals surface area (Å²) >= 11 is 3.20. The molecule has 0 radical (unpaired) electrons. The zero-order chi connectivity index (χ0) is 80.4. The average molecular weight is 1610 g/mol. The lowest BCUT2D eigenvalue weighted by Crippen LogP contribution is -2.42. The number of ether oxygens (including phenoxy) is 5. The number of benzene rings is 5. The molecule has 3 amide bonds. The van der Waals surface area contributed by atoms with Gasteiger partial charge in [-0.1, -0.05) is 76.6 Å². The normalized spacial score (nSPS) is 18.2. The topological polar surface area (TPSA) is 307 Å². The summed E-state index contributed by atoms with van der Waals surface area (Å²) in [5.74, 6) is 0.269. The smallest absolute Gasteiger partial charge is 0.407 e. The molecule has 6 heterocycles. The molecule has 0 spiro atoms. The number of hydrogen-bond donors (Lipinski definition) is 7. The van der Waals surface area contributed by atoms with E-state index < -0.39 is 23.6 Å². The SMILES string of the molecule is Cc1c(N2CC[C@@H]([C@H](C)N)C2)c(F)cc2c(OCCN)cc(=O)n(C3CC3)c12.Cc1c(N2CC[C@@H]([C@H](C)N)C2)c(F)cc2c(OCCNC(=O)OCc3ccccc3)cc(=O)n(C3CC3)c12.Cc1c(N2CC[C@@H]([C@H](C)NC(=O)OC(C)(C)C)C2)c(F)cc2c(O)cc(=O)n(C3CC3)c12.O=C(NCCBr)OCc1ccccc1. The molecule has 3 aliphatic carbocycles. The van der Waals surface area contributed by atoms with E-state index in [1.54, 1.807) is 9.13 Å². The van der Waals surface area contributed by atoms with Crippen LogP contribution in [0.5, 0.6) is 17.2 Å². The molecule has 5 aromatic carbocycles. The van der Waals surface area contributed by atoms with E-state index in [1.165, 1.54) is 36.4 Å². The fraction of sp³-hybridized carbons (Fsp3) is 0.500. The first kappa shape index (κ1) is 83.4.